The summed E-state index contributed by atoms with van der Waals surface area (Å²) in [6.07, 6.45) is 3.07. The molecule has 1 aromatic heterocycles. The van der Waals surface area contributed by atoms with Crippen molar-refractivity contribution in [3.8, 4) is 11.3 Å². The number of piperidine rings is 1. The lowest BCUT2D eigenvalue weighted by Crippen LogP contribution is -2.39. The zero-order valence-electron chi connectivity index (χ0n) is 16.9. The number of imidazole rings is 1. The molecule has 2 heterocycles. The SMILES string of the molecule is NC(=O)c1[nH]c(C2CCCN(C(=O)CCc3ccccc3)C2)nc1-c1ccccc1. The molecule has 0 aliphatic carbocycles. The molecule has 1 fully saturated rings. The number of primary amides is 1. The largest absolute Gasteiger partial charge is 0.364 e. The van der Waals surface area contributed by atoms with E-state index in [4.69, 9.17) is 10.7 Å². The van der Waals surface area contributed by atoms with Crippen molar-refractivity contribution >= 4 is 11.8 Å². The Morgan fingerprint density at radius 3 is 2.47 bits per heavy atom. The number of rotatable bonds is 6. The van der Waals surface area contributed by atoms with Crippen molar-refractivity contribution in [2.24, 2.45) is 5.73 Å². The van der Waals surface area contributed by atoms with Gasteiger partial charge in [-0.05, 0) is 24.8 Å². The van der Waals surface area contributed by atoms with Crippen molar-refractivity contribution in [3.63, 3.8) is 0 Å². The van der Waals surface area contributed by atoms with E-state index in [0.717, 1.165) is 37.2 Å². The van der Waals surface area contributed by atoms with Crippen LogP contribution in [-0.2, 0) is 11.2 Å². The first-order valence-electron chi connectivity index (χ1n) is 10.4. The van der Waals surface area contributed by atoms with Crippen molar-refractivity contribution in [1.29, 1.82) is 0 Å². The third-order valence-corrected chi connectivity index (χ3v) is 5.65. The molecule has 4 rings (SSSR count). The van der Waals surface area contributed by atoms with Crippen LogP contribution in [-0.4, -0.2) is 39.8 Å². The topological polar surface area (TPSA) is 92.1 Å². The second-order valence-electron chi connectivity index (χ2n) is 7.74. The molecule has 0 radical (unpaired) electrons. The lowest BCUT2D eigenvalue weighted by atomic mass is 9.96. The summed E-state index contributed by atoms with van der Waals surface area (Å²) in [5.41, 5.74) is 8.51. The number of amides is 2. The average molecular weight is 402 g/mol. The summed E-state index contributed by atoms with van der Waals surface area (Å²) in [7, 11) is 0. The first-order chi connectivity index (χ1) is 14.6. The third-order valence-electron chi connectivity index (χ3n) is 5.65. The molecule has 30 heavy (non-hydrogen) atoms. The van der Waals surface area contributed by atoms with E-state index in [1.54, 1.807) is 0 Å². The van der Waals surface area contributed by atoms with E-state index >= 15 is 0 Å². The number of aromatic amines is 1. The van der Waals surface area contributed by atoms with Gasteiger partial charge in [0.1, 0.15) is 17.2 Å². The number of nitrogens with one attached hydrogen (secondary N) is 1. The standard InChI is InChI=1S/C24H26N4O2/c25-23(30)22-21(18-10-5-2-6-11-18)26-24(27-22)19-12-7-15-28(16-19)20(29)14-13-17-8-3-1-4-9-17/h1-6,8-11,19H,7,12-16H2,(H2,25,30)(H,26,27). The van der Waals surface area contributed by atoms with Crippen LogP contribution in [0.4, 0.5) is 0 Å². The fourth-order valence-corrected chi connectivity index (χ4v) is 4.05. The molecule has 6 nitrogen and oxygen atoms in total. The summed E-state index contributed by atoms with van der Waals surface area (Å²) < 4.78 is 0. The first-order valence-corrected chi connectivity index (χ1v) is 10.4. The van der Waals surface area contributed by atoms with Gasteiger partial charge in [-0.25, -0.2) is 4.98 Å². The van der Waals surface area contributed by atoms with Gasteiger partial charge in [0.2, 0.25) is 5.91 Å². The van der Waals surface area contributed by atoms with Gasteiger partial charge in [0.15, 0.2) is 0 Å². The van der Waals surface area contributed by atoms with Gasteiger partial charge in [-0.2, -0.15) is 0 Å². The average Bonchev–Trinajstić information content (AvgIpc) is 3.25. The molecule has 1 atom stereocenters. The number of aromatic nitrogens is 2. The van der Waals surface area contributed by atoms with Crippen LogP contribution >= 0.6 is 0 Å². The van der Waals surface area contributed by atoms with E-state index < -0.39 is 5.91 Å². The van der Waals surface area contributed by atoms with Crippen molar-refractivity contribution in [3.05, 3.63) is 77.7 Å². The van der Waals surface area contributed by atoms with Gasteiger partial charge in [0.05, 0.1) is 0 Å². The summed E-state index contributed by atoms with van der Waals surface area (Å²) in [6.45, 7) is 1.37. The van der Waals surface area contributed by atoms with E-state index in [9.17, 15) is 9.59 Å². The van der Waals surface area contributed by atoms with Crippen LogP contribution in [0.2, 0.25) is 0 Å². The summed E-state index contributed by atoms with van der Waals surface area (Å²) in [4.78, 5) is 34.5. The molecule has 154 valence electrons. The number of hydrogen-bond donors (Lipinski definition) is 2. The Morgan fingerprint density at radius 2 is 1.77 bits per heavy atom. The normalized spacial score (nSPS) is 16.4. The second kappa shape index (κ2) is 8.95. The summed E-state index contributed by atoms with van der Waals surface area (Å²) in [5, 5.41) is 0. The van der Waals surface area contributed by atoms with E-state index in [1.165, 1.54) is 5.56 Å². The molecule has 1 unspecified atom stereocenters. The monoisotopic (exact) mass is 402 g/mol. The highest BCUT2D eigenvalue weighted by Crippen LogP contribution is 2.29. The minimum Gasteiger partial charge on any atom is -0.364 e. The van der Waals surface area contributed by atoms with Crippen LogP contribution in [0.1, 0.15) is 47.1 Å². The van der Waals surface area contributed by atoms with Gasteiger partial charge in [0.25, 0.3) is 5.91 Å². The van der Waals surface area contributed by atoms with E-state index in [1.807, 2.05) is 65.6 Å². The zero-order chi connectivity index (χ0) is 20.9. The molecular formula is C24H26N4O2. The number of aryl methyl sites for hydroxylation is 1. The maximum absolute atomic E-state index is 12.8. The smallest absolute Gasteiger partial charge is 0.267 e. The molecule has 0 spiro atoms. The molecular weight excluding hydrogens is 376 g/mol. The Morgan fingerprint density at radius 1 is 1.07 bits per heavy atom. The quantitative estimate of drug-likeness (QED) is 0.661. The van der Waals surface area contributed by atoms with Gasteiger partial charge in [-0.3, -0.25) is 9.59 Å². The molecule has 1 saturated heterocycles. The number of nitrogens with two attached hydrogens (primary N) is 1. The summed E-state index contributed by atoms with van der Waals surface area (Å²) >= 11 is 0. The van der Waals surface area contributed by atoms with Crippen molar-refractivity contribution < 1.29 is 9.59 Å². The Bertz CT molecular complexity index is 1010. The minimum absolute atomic E-state index is 0.0648. The number of carbonyl (C=O) groups excluding carboxylic acids is 2. The van der Waals surface area contributed by atoms with Gasteiger partial charge in [-0.15, -0.1) is 0 Å². The van der Waals surface area contributed by atoms with Crippen LogP contribution in [0.15, 0.2) is 60.7 Å². The second-order valence-corrected chi connectivity index (χ2v) is 7.74. The predicted octanol–water partition coefficient (Wildman–Crippen LogP) is 3.51. The first kappa shape index (κ1) is 19.9. The lowest BCUT2D eigenvalue weighted by molar-refractivity contribution is -0.132. The van der Waals surface area contributed by atoms with Gasteiger partial charge < -0.3 is 15.6 Å². The molecule has 2 amide bonds. The molecule has 6 heteroatoms. The van der Waals surface area contributed by atoms with Gasteiger partial charge >= 0.3 is 0 Å². The lowest BCUT2D eigenvalue weighted by Gasteiger charge is -2.32. The number of carbonyl (C=O) groups is 2. The van der Waals surface area contributed by atoms with Crippen molar-refractivity contribution in [1.82, 2.24) is 14.9 Å². The number of hydrogen-bond acceptors (Lipinski definition) is 3. The fraction of sp³-hybridized carbons (Fsp3) is 0.292. The van der Waals surface area contributed by atoms with Crippen molar-refractivity contribution in [2.45, 2.75) is 31.6 Å². The Kier molecular flexibility index (Phi) is 5.93. The summed E-state index contributed by atoms with van der Waals surface area (Å²) in [5.74, 6) is 0.422. The molecule has 1 aliphatic rings. The van der Waals surface area contributed by atoms with Gasteiger partial charge in [-0.1, -0.05) is 60.7 Å². The van der Waals surface area contributed by atoms with Gasteiger partial charge in [0, 0.05) is 31.0 Å². The molecule has 2 aromatic carbocycles. The number of benzene rings is 2. The molecule has 1 aliphatic heterocycles. The third kappa shape index (κ3) is 4.43. The zero-order valence-corrected chi connectivity index (χ0v) is 16.9. The highest BCUT2D eigenvalue weighted by molar-refractivity contribution is 5.97. The Balaban J connectivity index is 1.48. The molecule has 3 N–H and O–H groups in total. The van der Waals surface area contributed by atoms with Crippen LogP contribution in [0.5, 0.6) is 0 Å². The predicted molar refractivity (Wildman–Crippen MR) is 116 cm³/mol. The highest BCUT2D eigenvalue weighted by atomic mass is 16.2. The molecule has 0 bridgehead atoms. The Hall–Kier alpha value is -3.41. The minimum atomic E-state index is -0.529. The van der Waals surface area contributed by atoms with Crippen LogP contribution in [0, 0.1) is 0 Å². The maximum atomic E-state index is 12.8. The van der Waals surface area contributed by atoms with Crippen LogP contribution < -0.4 is 5.73 Å². The van der Waals surface area contributed by atoms with E-state index in [2.05, 4.69) is 4.98 Å². The number of likely N-dealkylation sites (tertiary alicyclic amines) is 1. The fourth-order valence-electron chi connectivity index (χ4n) is 4.05. The molecule has 0 saturated carbocycles. The van der Waals surface area contributed by atoms with Crippen LogP contribution in [0.3, 0.4) is 0 Å². The number of nitrogens with zero attached hydrogens (tertiary/aromatic N) is 2. The van der Waals surface area contributed by atoms with Crippen molar-refractivity contribution in [2.75, 3.05) is 13.1 Å². The Labute approximate surface area is 176 Å². The number of H-pyrrole nitrogens is 1. The highest BCUT2D eigenvalue weighted by Gasteiger charge is 2.28. The summed E-state index contributed by atoms with van der Waals surface area (Å²) in [6, 6.07) is 19.6. The van der Waals surface area contributed by atoms with E-state index in [-0.39, 0.29) is 11.8 Å². The molecule has 3 aromatic rings. The van der Waals surface area contributed by atoms with E-state index in [0.29, 0.717) is 24.4 Å². The van der Waals surface area contributed by atoms with Crippen LogP contribution in [0.25, 0.3) is 11.3 Å². The maximum Gasteiger partial charge on any atom is 0.267 e.